The van der Waals surface area contributed by atoms with Gasteiger partial charge in [-0.05, 0) is 48.8 Å². The molecular weight excluding hydrogens is 336 g/mol. The van der Waals surface area contributed by atoms with E-state index in [-0.39, 0.29) is 5.75 Å². The Hall–Kier alpha value is -3.01. The standard InChI is InChI=1S/C23H22N2O2/c26-20-10-9-15-5-1-2-7-18(15)21(20)24-14-17-13-16-6-3-11-25-12-4-8-19(22(16)25)23(17)27/h1-2,5,7,9-10,13-14,26-27H,3-4,6,8,11-12H2. The molecule has 0 aromatic heterocycles. The Balaban J connectivity index is 1.62. The molecule has 0 aliphatic carbocycles. The lowest BCUT2D eigenvalue weighted by Crippen LogP contribution is -2.34. The quantitative estimate of drug-likeness (QED) is 0.653. The monoisotopic (exact) mass is 358 g/mol. The van der Waals surface area contributed by atoms with Gasteiger partial charge in [0.15, 0.2) is 0 Å². The van der Waals surface area contributed by atoms with Crippen LogP contribution >= 0.6 is 0 Å². The Bertz CT molecular complexity index is 1070. The first-order valence-corrected chi connectivity index (χ1v) is 9.60. The van der Waals surface area contributed by atoms with Crippen molar-refractivity contribution >= 4 is 28.4 Å². The summed E-state index contributed by atoms with van der Waals surface area (Å²) in [6, 6.07) is 13.5. The average Bonchev–Trinajstić information content (AvgIpc) is 2.70. The molecule has 2 aliphatic heterocycles. The van der Waals surface area contributed by atoms with E-state index in [1.165, 1.54) is 11.3 Å². The summed E-state index contributed by atoms with van der Waals surface area (Å²) in [5, 5.41) is 23.1. The molecule has 0 unspecified atom stereocenters. The van der Waals surface area contributed by atoms with Gasteiger partial charge in [-0.25, -0.2) is 0 Å². The first-order valence-electron chi connectivity index (χ1n) is 9.60. The summed E-state index contributed by atoms with van der Waals surface area (Å²) in [6.45, 7) is 2.16. The first-order chi connectivity index (χ1) is 13.2. The topological polar surface area (TPSA) is 56.1 Å². The third-order valence-electron chi connectivity index (χ3n) is 5.74. The summed E-state index contributed by atoms with van der Waals surface area (Å²) >= 11 is 0. The number of hydrogen-bond acceptors (Lipinski definition) is 4. The SMILES string of the molecule is Oc1ccc2ccccc2c1N=Cc1cc2c3c(c1O)CCCN3CCC2. The van der Waals surface area contributed by atoms with Gasteiger partial charge in [-0.2, -0.15) is 0 Å². The zero-order chi connectivity index (χ0) is 18.4. The van der Waals surface area contributed by atoms with Gasteiger partial charge in [-0.3, -0.25) is 4.99 Å². The van der Waals surface area contributed by atoms with E-state index in [1.54, 1.807) is 12.3 Å². The van der Waals surface area contributed by atoms with Crippen LogP contribution in [0.3, 0.4) is 0 Å². The number of fused-ring (bicyclic) bond motifs is 1. The van der Waals surface area contributed by atoms with Crippen LogP contribution in [0.15, 0.2) is 47.5 Å². The number of benzene rings is 3. The van der Waals surface area contributed by atoms with Crippen molar-refractivity contribution in [2.24, 2.45) is 4.99 Å². The number of rotatable bonds is 2. The second-order valence-corrected chi connectivity index (χ2v) is 7.41. The van der Waals surface area contributed by atoms with E-state index in [9.17, 15) is 10.2 Å². The molecule has 5 rings (SSSR count). The molecule has 2 aliphatic rings. The van der Waals surface area contributed by atoms with Crippen LogP contribution in [0, 0.1) is 0 Å². The summed E-state index contributed by atoms with van der Waals surface area (Å²) in [6.07, 6.45) is 5.87. The number of hydrogen-bond donors (Lipinski definition) is 2. The number of anilines is 1. The average molecular weight is 358 g/mol. The number of phenols is 2. The molecule has 0 bridgehead atoms. The summed E-state index contributed by atoms with van der Waals surface area (Å²) in [5.41, 5.74) is 4.88. The summed E-state index contributed by atoms with van der Waals surface area (Å²) < 4.78 is 0. The fourth-order valence-corrected chi connectivity index (χ4v) is 4.48. The molecule has 0 amide bonds. The van der Waals surface area contributed by atoms with E-state index in [0.29, 0.717) is 11.4 Å². The van der Waals surface area contributed by atoms with Crippen molar-refractivity contribution in [1.82, 2.24) is 0 Å². The molecule has 0 saturated carbocycles. The van der Waals surface area contributed by atoms with Crippen LogP contribution in [0.1, 0.15) is 29.5 Å². The van der Waals surface area contributed by atoms with Crippen LogP contribution < -0.4 is 4.90 Å². The van der Waals surface area contributed by atoms with Gasteiger partial charge in [-0.1, -0.05) is 30.3 Å². The van der Waals surface area contributed by atoms with E-state index in [4.69, 9.17) is 0 Å². The fraction of sp³-hybridized carbons (Fsp3) is 0.261. The Morgan fingerprint density at radius 2 is 1.78 bits per heavy atom. The second-order valence-electron chi connectivity index (χ2n) is 7.41. The molecule has 0 saturated heterocycles. The number of aryl methyl sites for hydroxylation is 1. The van der Waals surface area contributed by atoms with Crippen molar-refractivity contribution in [1.29, 1.82) is 0 Å². The van der Waals surface area contributed by atoms with Gasteiger partial charge in [0.1, 0.15) is 17.2 Å². The van der Waals surface area contributed by atoms with Gasteiger partial charge in [0.2, 0.25) is 0 Å². The Morgan fingerprint density at radius 1 is 0.963 bits per heavy atom. The van der Waals surface area contributed by atoms with Gasteiger partial charge >= 0.3 is 0 Å². The van der Waals surface area contributed by atoms with E-state index < -0.39 is 0 Å². The number of phenolic OH excluding ortho intramolecular Hbond substituents is 2. The lowest BCUT2D eigenvalue weighted by molar-refractivity contribution is 0.461. The van der Waals surface area contributed by atoms with Crippen LogP contribution in [0.25, 0.3) is 10.8 Å². The first kappa shape index (κ1) is 16.2. The molecule has 4 nitrogen and oxygen atoms in total. The minimum atomic E-state index is 0.148. The van der Waals surface area contributed by atoms with Crippen LogP contribution in [0.2, 0.25) is 0 Å². The molecule has 27 heavy (non-hydrogen) atoms. The maximum atomic E-state index is 10.9. The van der Waals surface area contributed by atoms with Crippen LogP contribution in [0.5, 0.6) is 11.5 Å². The van der Waals surface area contributed by atoms with Gasteiger partial charge in [0.25, 0.3) is 0 Å². The maximum Gasteiger partial charge on any atom is 0.141 e. The molecule has 2 heterocycles. The van der Waals surface area contributed by atoms with Crippen LogP contribution in [0.4, 0.5) is 11.4 Å². The normalized spacial score (nSPS) is 16.1. The zero-order valence-electron chi connectivity index (χ0n) is 15.2. The smallest absolute Gasteiger partial charge is 0.141 e. The molecular formula is C23H22N2O2. The van der Waals surface area contributed by atoms with Gasteiger partial charge in [0.05, 0.1) is 0 Å². The second kappa shape index (κ2) is 6.31. The van der Waals surface area contributed by atoms with Crippen LogP contribution in [-0.4, -0.2) is 29.5 Å². The van der Waals surface area contributed by atoms with Crippen molar-refractivity contribution in [3.05, 3.63) is 59.2 Å². The van der Waals surface area contributed by atoms with E-state index in [2.05, 4.69) is 16.0 Å². The minimum absolute atomic E-state index is 0.148. The van der Waals surface area contributed by atoms with Crippen molar-refractivity contribution in [2.45, 2.75) is 25.7 Å². The third kappa shape index (κ3) is 2.64. The maximum absolute atomic E-state index is 10.9. The molecule has 0 atom stereocenters. The van der Waals surface area contributed by atoms with E-state index in [0.717, 1.165) is 60.7 Å². The van der Waals surface area contributed by atoms with Crippen molar-refractivity contribution in [2.75, 3.05) is 18.0 Å². The summed E-state index contributed by atoms with van der Waals surface area (Å²) in [7, 11) is 0. The van der Waals surface area contributed by atoms with Gasteiger partial charge in [0, 0.05) is 41.5 Å². The van der Waals surface area contributed by atoms with Crippen molar-refractivity contribution in [3.63, 3.8) is 0 Å². The Labute approximate surface area is 158 Å². The summed E-state index contributed by atoms with van der Waals surface area (Å²) in [5.74, 6) is 0.485. The molecule has 4 heteroatoms. The molecule has 0 radical (unpaired) electrons. The molecule has 2 N–H and O–H groups in total. The predicted octanol–water partition coefficient (Wildman–Crippen LogP) is 4.70. The Morgan fingerprint density at radius 3 is 2.67 bits per heavy atom. The van der Waals surface area contributed by atoms with Crippen molar-refractivity contribution < 1.29 is 10.2 Å². The molecule has 0 spiro atoms. The lowest BCUT2D eigenvalue weighted by atomic mass is 9.89. The van der Waals surface area contributed by atoms with Crippen LogP contribution in [-0.2, 0) is 12.8 Å². The third-order valence-corrected chi connectivity index (χ3v) is 5.74. The van der Waals surface area contributed by atoms with E-state index in [1.807, 2.05) is 30.3 Å². The summed E-state index contributed by atoms with van der Waals surface area (Å²) in [4.78, 5) is 6.99. The molecule has 3 aromatic carbocycles. The zero-order valence-corrected chi connectivity index (χ0v) is 15.2. The predicted molar refractivity (Wildman–Crippen MR) is 110 cm³/mol. The minimum Gasteiger partial charge on any atom is -0.507 e. The highest BCUT2D eigenvalue weighted by Crippen LogP contribution is 2.42. The van der Waals surface area contributed by atoms with Gasteiger partial charge < -0.3 is 15.1 Å². The molecule has 136 valence electrons. The van der Waals surface area contributed by atoms with Gasteiger partial charge in [-0.15, -0.1) is 0 Å². The number of aromatic hydroxyl groups is 2. The molecule has 0 fully saturated rings. The molecule has 3 aromatic rings. The Kier molecular flexibility index (Phi) is 3.78. The fourth-order valence-electron chi connectivity index (χ4n) is 4.48. The highest BCUT2D eigenvalue weighted by Gasteiger charge is 2.27. The van der Waals surface area contributed by atoms with Crippen molar-refractivity contribution in [3.8, 4) is 11.5 Å². The highest BCUT2D eigenvalue weighted by molar-refractivity contribution is 5.98. The highest BCUT2D eigenvalue weighted by atomic mass is 16.3. The number of aliphatic imine (C=N–C) groups is 1. The largest absolute Gasteiger partial charge is 0.507 e. The van der Waals surface area contributed by atoms with E-state index >= 15 is 0 Å². The lowest BCUT2D eigenvalue weighted by Gasteiger charge is -2.37. The number of nitrogens with zero attached hydrogens (tertiary/aromatic N) is 2.